The van der Waals surface area contributed by atoms with Crippen molar-refractivity contribution in [1.29, 1.82) is 0 Å². The molecule has 0 radical (unpaired) electrons. The maximum Gasteiger partial charge on any atom is 0.446 e. The number of hydrogen-bond donors (Lipinski definition) is 0. The Bertz CT molecular complexity index is 630. The van der Waals surface area contributed by atoms with E-state index in [2.05, 4.69) is 34.9 Å². The Morgan fingerprint density at radius 3 is 2.43 bits per heavy atom. The van der Waals surface area contributed by atoms with Crippen molar-refractivity contribution >= 4 is 23.4 Å². The number of hydrogen-bond acceptors (Lipinski definition) is 4. The van der Waals surface area contributed by atoms with E-state index in [0.717, 1.165) is 19.5 Å². The quantitative estimate of drug-likeness (QED) is 0.679. The maximum atomic E-state index is 11.3. The number of rotatable bonds is 0. The predicted molar refractivity (Wildman–Crippen MR) is 82.4 cm³/mol. The van der Waals surface area contributed by atoms with Gasteiger partial charge in [0.1, 0.15) is 0 Å². The molecule has 1 aliphatic heterocycles. The van der Waals surface area contributed by atoms with Crippen molar-refractivity contribution in [3.05, 3.63) is 46.2 Å². The second-order valence-electron chi connectivity index (χ2n) is 5.57. The molecule has 0 N–H and O–H groups in total. The van der Waals surface area contributed by atoms with Crippen LogP contribution in [0.25, 0.3) is 0 Å². The molecule has 1 aliphatic carbocycles. The smallest absolute Gasteiger partial charge is 0.302 e. The van der Waals surface area contributed by atoms with Crippen LogP contribution in [0.15, 0.2) is 35.1 Å². The van der Waals surface area contributed by atoms with Gasteiger partial charge < -0.3 is 4.90 Å². The molecule has 0 saturated carbocycles. The SMILES string of the molecule is CN1CCC2(C=CC(=O)C=C2)c2cscc2C1.O=CC(F)(F)F. The van der Waals surface area contributed by atoms with Crippen LogP contribution in [0.4, 0.5) is 13.2 Å². The van der Waals surface area contributed by atoms with Crippen molar-refractivity contribution in [3.63, 3.8) is 0 Å². The molecule has 2 heterocycles. The lowest BCUT2D eigenvalue weighted by molar-refractivity contribution is -0.156. The number of halogens is 3. The first-order valence-corrected chi connectivity index (χ1v) is 7.90. The maximum absolute atomic E-state index is 11.3. The van der Waals surface area contributed by atoms with E-state index in [1.807, 2.05) is 0 Å². The second-order valence-corrected chi connectivity index (χ2v) is 6.31. The number of allylic oxidation sites excluding steroid dienone is 4. The van der Waals surface area contributed by atoms with Crippen LogP contribution in [-0.2, 0) is 21.5 Å². The third-order valence-corrected chi connectivity index (χ3v) is 4.61. The van der Waals surface area contributed by atoms with Gasteiger partial charge >= 0.3 is 6.18 Å². The minimum absolute atomic E-state index is 0.0476. The molecule has 1 aromatic heterocycles. The Kier molecular flexibility index (Phi) is 5.21. The summed E-state index contributed by atoms with van der Waals surface area (Å²) in [6, 6.07) is 0. The number of thiophene rings is 1. The van der Waals surface area contributed by atoms with E-state index >= 15 is 0 Å². The summed E-state index contributed by atoms with van der Waals surface area (Å²) in [6.45, 7) is 2.07. The predicted octanol–water partition coefficient (Wildman–Crippen LogP) is 3.26. The van der Waals surface area contributed by atoms with Crippen LogP contribution >= 0.6 is 11.3 Å². The van der Waals surface area contributed by atoms with Crippen LogP contribution in [0.1, 0.15) is 17.5 Å². The van der Waals surface area contributed by atoms with Crippen molar-refractivity contribution in [2.45, 2.75) is 24.6 Å². The van der Waals surface area contributed by atoms with Gasteiger partial charge in [-0.2, -0.15) is 24.5 Å². The zero-order valence-electron chi connectivity index (χ0n) is 12.5. The molecule has 2 aliphatic rings. The normalized spacial score (nSPS) is 19.7. The molecule has 0 atom stereocenters. The van der Waals surface area contributed by atoms with Crippen molar-refractivity contribution in [2.75, 3.05) is 13.6 Å². The van der Waals surface area contributed by atoms with E-state index < -0.39 is 12.5 Å². The van der Waals surface area contributed by atoms with Gasteiger partial charge in [-0.1, -0.05) is 12.2 Å². The minimum atomic E-state index is -4.64. The highest BCUT2D eigenvalue weighted by Crippen LogP contribution is 2.39. The van der Waals surface area contributed by atoms with Crippen LogP contribution in [0.2, 0.25) is 0 Å². The number of carbonyl (C=O) groups excluding carboxylic acids is 2. The van der Waals surface area contributed by atoms with E-state index in [0.29, 0.717) is 0 Å². The Labute approximate surface area is 136 Å². The van der Waals surface area contributed by atoms with Crippen molar-refractivity contribution in [3.8, 4) is 0 Å². The number of carbonyl (C=O) groups is 2. The van der Waals surface area contributed by atoms with Gasteiger partial charge in [0.2, 0.25) is 6.29 Å². The molecule has 124 valence electrons. The molecule has 3 rings (SSSR count). The van der Waals surface area contributed by atoms with Crippen molar-refractivity contribution in [1.82, 2.24) is 4.90 Å². The Morgan fingerprint density at radius 2 is 1.87 bits per heavy atom. The second kappa shape index (κ2) is 6.80. The van der Waals surface area contributed by atoms with Gasteiger partial charge in [0.15, 0.2) is 5.78 Å². The third-order valence-electron chi connectivity index (χ3n) is 3.81. The monoisotopic (exact) mass is 343 g/mol. The molecule has 0 fully saturated rings. The number of nitrogens with zero attached hydrogens (tertiary/aromatic N) is 1. The average Bonchev–Trinajstić information content (AvgIpc) is 2.91. The highest BCUT2D eigenvalue weighted by atomic mass is 32.1. The van der Waals surface area contributed by atoms with Gasteiger partial charge in [-0.15, -0.1) is 0 Å². The molecule has 1 spiro atoms. The molecule has 0 amide bonds. The van der Waals surface area contributed by atoms with Crippen LogP contribution in [0, 0.1) is 0 Å². The lowest BCUT2D eigenvalue weighted by Gasteiger charge is -2.28. The summed E-state index contributed by atoms with van der Waals surface area (Å²) < 4.78 is 31.2. The lowest BCUT2D eigenvalue weighted by atomic mass is 9.75. The van der Waals surface area contributed by atoms with Crippen LogP contribution in [0.3, 0.4) is 0 Å². The summed E-state index contributed by atoms with van der Waals surface area (Å²) in [4.78, 5) is 22.4. The van der Waals surface area contributed by atoms with Crippen molar-refractivity contribution < 1.29 is 22.8 Å². The molecule has 0 unspecified atom stereocenters. The van der Waals surface area contributed by atoms with Gasteiger partial charge in [0.05, 0.1) is 0 Å². The van der Waals surface area contributed by atoms with E-state index in [-0.39, 0.29) is 11.2 Å². The van der Waals surface area contributed by atoms with E-state index in [9.17, 15) is 18.0 Å². The first-order chi connectivity index (χ1) is 10.8. The van der Waals surface area contributed by atoms with E-state index in [1.165, 1.54) is 11.1 Å². The Hall–Kier alpha value is -1.73. The highest BCUT2D eigenvalue weighted by molar-refractivity contribution is 7.08. The van der Waals surface area contributed by atoms with Gasteiger partial charge in [-0.25, -0.2) is 0 Å². The first-order valence-electron chi connectivity index (χ1n) is 6.95. The zero-order valence-corrected chi connectivity index (χ0v) is 13.3. The highest BCUT2D eigenvalue weighted by Gasteiger charge is 2.34. The number of alkyl halides is 3. The summed E-state index contributed by atoms with van der Waals surface area (Å²) in [5.74, 6) is 0.102. The molecular weight excluding hydrogens is 327 g/mol. The fourth-order valence-electron chi connectivity index (χ4n) is 2.65. The molecular formula is C16H16F3NO2S. The number of aldehydes is 1. The van der Waals surface area contributed by atoms with Crippen LogP contribution in [0.5, 0.6) is 0 Å². The molecule has 0 aromatic carbocycles. The summed E-state index contributed by atoms with van der Waals surface area (Å²) in [6.07, 6.45) is 2.94. The summed E-state index contributed by atoms with van der Waals surface area (Å²) >= 11 is 1.76. The lowest BCUT2D eigenvalue weighted by Crippen LogP contribution is -2.26. The number of ketones is 1. The Morgan fingerprint density at radius 1 is 1.26 bits per heavy atom. The van der Waals surface area contributed by atoms with Crippen molar-refractivity contribution in [2.24, 2.45) is 0 Å². The topological polar surface area (TPSA) is 37.4 Å². The largest absolute Gasteiger partial charge is 0.446 e. The fraction of sp³-hybridized carbons (Fsp3) is 0.375. The van der Waals surface area contributed by atoms with Crippen LogP contribution in [-0.4, -0.2) is 36.7 Å². The summed E-state index contributed by atoms with van der Waals surface area (Å²) in [5.41, 5.74) is 2.74. The van der Waals surface area contributed by atoms with Crippen LogP contribution < -0.4 is 0 Å². The molecule has 3 nitrogen and oxygen atoms in total. The first kappa shape index (κ1) is 17.6. The molecule has 1 aromatic rings. The third kappa shape index (κ3) is 4.39. The minimum Gasteiger partial charge on any atom is -0.302 e. The summed E-state index contributed by atoms with van der Waals surface area (Å²) in [7, 11) is 2.15. The number of fused-ring (bicyclic) bond motifs is 2. The van der Waals surface area contributed by atoms with Gasteiger partial charge in [-0.05, 0) is 54.1 Å². The van der Waals surface area contributed by atoms with Gasteiger partial charge in [0.25, 0.3) is 0 Å². The van der Waals surface area contributed by atoms with E-state index in [4.69, 9.17) is 4.79 Å². The molecule has 0 bridgehead atoms. The molecule has 0 saturated heterocycles. The van der Waals surface area contributed by atoms with Gasteiger partial charge in [-0.3, -0.25) is 9.59 Å². The van der Waals surface area contributed by atoms with E-state index in [1.54, 1.807) is 23.5 Å². The molecule has 7 heteroatoms. The Balaban J connectivity index is 0.000000277. The van der Waals surface area contributed by atoms with Gasteiger partial charge in [0, 0.05) is 12.0 Å². The molecule has 23 heavy (non-hydrogen) atoms. The fourth-order valence-corrected chi connectivity index (χ4v) is 3.59. The average molecular weight is 343 g/mol. The standard InChI is InChI=1S/C14H15NOS.C2HF3O/c1-15-7-6-14(4-2-12(16)3-5-14)13-10-17-9-11(13)8-15;3-2(4,5)1-6/h2-5,9-10H,6-8H2,1H3;1H. The zero-order chi connectivity index (χ0) is 17.1. The summed E-state index contributed by atoms with van der Waals surface area (Å²) in [5, 5.41) is 4.47.